The minimum absolute atomic E-state index is 0.196. The van der Waals surface area contributed by atoms with Crippen molar-refractivity contribution in [2.45, 2.75) is 29.1 Å². The fourth-order valence-corrected chi connectivity index (χ4v) is 7.22. The van der Waals surface area contributed by atoms with Crippen molar-refractivity contribution in [2.24, 2.45) is 0 Å². The molecule has 0 unspecified atom stereocenters. The van der Waals surface area contributed by atoms with E-state index < -0.39 is 33.7 Å². The van der Waals surface area contributed by atoms with Gasteiger partial charge < -0.3 is 9.30 Å². The van der Waals surface area contributed by atoms with Gasteiger partial charge in [-0.15, -0.1) is 0 Å². The fraction of sp³-hybridized carbons (Fsp3) is 0.192. The van der Waals surface area contributed by atoms with Crippen molar-refractivity contribution in [1.29, 1.82) is 0 Å². The molecule has 1 N–H and O–H groups in total. The second kappa shape index (κ2) is 7.44. The van der Waals surface area contributed by atoms with Crippen LogP contribution in [0.2, 0.25) is 0 Å². The lowest BCUT2D eigenvalue weighted by atomic mass is 9.86. The van der Waals surface area contributed by atoms with Gasteiger partial charge in [0.15, 0.2) is 0 Å². The standard InChI is InChI=1S/C26H23N3O4S/c1-33-24(30)21-17-26(28-16-15-18-9-5-7-13-22(18)28)20-12-6-8-14-23(20)29(25(26)27-21)34(31,32)19-10-3-2-4-11-19/h2-16,21,25,27H,17H2,1H3/t21-,25-,26-/m1/s1. The zero-order valence-corrected chi connectivity index (χ0v) is 19.3. The van der Waals surface area contributed by atoms with Gasteiger partial charge in [0, 0.05) is 23.7 Å². The van der Waals surface area contributed by atoms with E-state index in [1.54, 1.807) is 30.3 Å². The van der Waals surface area contributed by atoms with E-state index in [0.717, 1.165) is 16.5 Å². The van der Waals surface area contributed by atoms with Crippen LogP contribution in [0.1, 0.15) is 12.0 Å². The second-order valence-electron chi connectivity index (χ2n) is 8.65. The molecule has 1 aromatic heterocycles. The second-order valence-corrected chi connectivity index (χ2v) is 10.5. The molecule has 0 radical (unpaired) electrons. The van der Waals surface area contributed by atoms with Crippen molar-refractivity contribution >= 4 is 32.6 Å². The van der Waals surface area contributed by atoms with E-state index in [1.807, 2.05) is 60.8 Å². The summed E-state index contributed by atoms with van der Waals surface area (Å²) in [4.78, 5) is 12.9. The summed E-state index contributed by atoms with van der Waals surface area (Å²) in [6.45, 7) is 0. The molecule has 0 saturated carbocycles. The molecule has 2 aliphatic heterocycles. The molecular formula is C26H23N3O4S. The van der Waals surface area contributed by atoms with Crippen LogP contribution in [0.15, 0.2) is 96.0 Å². The first-order valence-electron chi connectivity index (χ1n) is 11.1. The number of carbonyl (C=O) groups excluding carboxylic acids is 1. The first-order chi connectivity index (χ1) is 16.5. The Morgan fingerprint density at radius 2 is 1.68 bits per heavy atom. The smallest absolute Gasteiger partial charge is 0.323 e. The number of rotatable bonds is 4. The average molecular weight is 474 g/mol. The Labute approximate surface area is 197 Å². The minimum Gasteiger partial charge on any atom is -0.468 e. The summed E-state index contributed by atoms with van der Waals surface area (Å²) in [6.07, 6.45) is 1.60. The van der Waals surface area contributed by atoms with Gasteiger partial charge in [-0.05, 0) is 35.7 Å². The van der Waals surface area contributed by atoms with Crippen molar-refractivity contribution in [3.05, 3.63) is 96.7 Å². The van der Waals surface area contributed by atoms with Gasteiger partial charge in [0.25, 0.3) is 10.0 Å². The Hall–Kier alpha value is -3.62. The molecule has 4 aromatic rings. The highest BCUT2D eigenvalue weighted by atomic mass is 32.2. The lowest BCUT2D eigenvalue weighted by Crippen LogP contribution is -2.53. The topological polar surface area (TPSA) is 80.6 Å². The maximum atomic E-state index is 14.0. The molecule has 6 rings (SSSR count). The highest BCUT2D eigenvalue weighted by Crippen LogP contribution is 2.54. The Bertz CT molecular complexity index is 1520. The normalized spacial score (nSPS) is 23.6. The summed E-state index contributed by atoms with van der Waals surface area (Å²) in [7, 11) is -2.59. The first-order valence-corrected chi connectivity index (χ1v) is 12.5. The number of nitrogens with zero attached hydrogens (tertiary/aromatic N) is 2. The third-order valence-corrected chi connectivity index (χ3v) is 8.78. The van der Waals surface area contributed by atoms with Crippen molar-refractivity contribution in [1.82, 2.24) is 9.88 Å². The largest absolute Gasteiger partial charge is 0.468 e. The molecule has 0 amide bonds. The number of sulfonamides is 1. The quantitative estimate of drug-likeness (QED) is 0.459. The number of hydrogen-bond acceptors (Lipinski definition) is 5. The van der Waals surface area contributed by atoms with Crippen molar-refractivity contribution in [2.75, 3.05) is 11.4 Å². The van der Waals surface area contributed by atoms with Crippen LogP contribution in [0.25, 0.3) is 10.9 Å². The third kappa shape index (κ3) is 2.72. The SMILES string of the molecule is COC(=O)[C@H]1C[C@@]2(n3ccc4ccccc43)c3ccccc3N(S(=O)(=O)c3ccccc3)[C@H]2N1. The molecule has 0 spiro atoms. The van der Waals surface area contributed by atoms with Gasteiger partial charge in [-0.2, -0.15) is 0 Å². The van der Waals surface area contributed by atoms with Crippen molar-refractivity contribution < 1.29 is 17.9 Å². The van der Waals surface area contributed by atoms with Crippen LogP contribution < -0.4 is 9.62 Å². The highest BCUT2D eigenvalue weighted by Gasteiger charge is 2.62. The molecule has 8 heteroatoms. The molecular weight excluding hydrogens is 450 g/mol. The predicted octanol–water partition coefficient (Wildman–Crippen LogP) is 3.45. The molecule has 1 fully saturated rings. The molecule has 7 nitrogen and oxygen atoms in total. The molecule has 3 aromatic carbocycles. The number of esters is 1. The minimum atomic E-state index is -3.94. The Morgan fingerprint density at radius 1 is 0.971 bits per heavy atom. The van der Waals surface area contributed by atoms with Gasteiger partial charge in [-0.3, -0.25) is 10.1 Å². The number of ether oxygens (including phenoxy) is 1. The number of hydrogen-bond donors (Lipinski definition) is 1. The Kier molecular flexibility index (Phi) is 4.59. The van der Waals surface area contributed by atoms with Crippen LogP contribution in [0.5, 0.6) is 0 Å². The molecule has 0 bridgehead atoms. The van der Waals surface area contributed by atoms with Crippen LogP contribution in [0, 0.1) is 0 Å². The van der Waals surface area contributed by atoms with Gasteiger partial charge in [-0.25, -0.2) is 12.7 Å². The number of aromatic nitrogens is 1. The molecule has 3 heterocycles. The van der Waals surface area contributed by atoms with Crippen LogP contribution in [-0.4, -0.2) is 38.3 Å². The van der Waals surface area contributed by atoms with Crippen molar-refractivity contribution in [3.8, 4) is 0 Å². The lowest BCUT2D eigenvalue weighted by molar-refractivity contribution is -0.142. The Morgan fingerprint density at radius 3 is 2.47 bits per heavy atom. The summed E-state index contributed by atoms with van der Waals surface area (Å²) >= 11 is 0. The van der Waals surface area contributed by atoms with Gasteiger partial charge in [0.1, 0.15) is 17.7 Å². The highest BCUT2D eigenvalue weighted by molar-refractivity contribution is 7.92. The number of anilines is 1. The number of fused-ring (bicyclic) bond motifs is 4. The van der Waals surface area contributed by atoms with Crippen molar-refractivity contribution in [3.63, 3.8) is 0 Å². The third-order valence-electron chi connectivity index (χ3n) is 6.98. The van der Waals surface area contributed by atoms with E-state index in [-0.39, 0.29) is 4.90 Å². The average Bonchev–Trinajstić information content (AvgIpc) is 3.53. The van der Waals surface area contributed by atoms with Gasteiger partial charge in [0.05, 0.1) is 17.7 Å². The predicted molar refractivity (Wildman–Crippen MR) is 129 cm³/mol. The summed E-state index contributed by atoms with van der Waals surface area (Å²) in [6, 6.07) is 25.3. The zero-order valence-electron chi connectivity index (χ0n) is 18.5. The molecule has 34 heavy (non-hydrogen) atoms. The van der Waals surface area contributed by atoms with E-state index >= 15 is 0 Å². The number of para-hydroxylation sites is 2. The maximum absolute atomic E-state index is 14.0. The molecule has 3 atom stereocenters. The summed E-state index contributed by atoms with van der Waals surface area (Å²) in [5.74, 6) is -0.417. The number of carbonyl (C=O) groups is 1. The number of methoxy groups -OCH3 is 1. The summed E-state index contributed by atoms with van der Waals surface area (Å²) in [5, 5.41) is 4.36. The Balaban J connectivity index is 1.64. The van der Waals surface area contributed by atoms with Gasteiger partial charge in [0.2, 0.25) is 0 Å². The molecule has 0 aliphatic carbocycles. The van der Waals surface area contributed by atoms with Crippen LogP contribution >= 0.6 is 0 Å². The zero-order chi connectivity index (χ0) is 23.5. The van der Waals surface area contributed by atoms with Gasteiger partial charge in [-0.1, -0.05) is 54.6 Å². The fourth-order valence-electron chi connectivity index (χ4n) is 5.56. The van der Waals surface area contributed by atoms with E-state index in [9.17, 15) is 13.2 Å². The lowest BCUT2D eigenvalue weighted by Gasteiger charge is -2.35. The summed E-state index contributed by atoms with van der Waals surface area (Å²) < 4.78 is 36.7. The van der Waals surface area contributed by atoms with Crippen LogP contribution in [0.4, 0.5) is 5.69 Å². The van der Waals surface area contributed by atoms with E-state index in [0.29, 0.717) is 12.1 Å². The number of benzene rings is 3. The van der Waals surface area contributed by atoms with Crippen LogP contribution in [0.3, 0.4) is 0 Å². The van der Waals surface area contributed by atoms with Crippen LogP contribution in [-0.2, 0) is 25.1 Å². The van der Waals surface area contributed by atoms with E-state index in [4.69, 9.17) is 4.74 Å². The summed E-state index contributed by atoms with van der Waals surface area (Å²) in [5.41, 5.74) is 1.57. The molecule has 172 valence electrons. The van der Waals surface area contributed by atoms with E-state index in [2.05, 4.69) is 9.88 Å². The van der Waals surface area contributed by atoms with E-state index in [1.165, 1.54) is 11.4 Å². The molecule has 1 saturated heterocycles. The monoisotopic (exact) mass is 473 g/mol. The number of nitrogens with one attached hydrogen (secondary N) is 1. The molecule has 2 aliphatic rings. The maximum Gasteiger partial charge on any atom is 0.323 e. The van der Waals surface area contributed by atoms with Gasteiger partial charge >= 0.3 is 5.97 Å². The first kappa shape index (κ1) is 20.9.